The summed E-state index contributed by atoms with van der Waals surface area (Å²) in [5.41, 5.74) is 0. The minimum Gasteiger partial charge on any atom is -0.480 e. The van der Waals surface area contributed by atoms with Gasteiger partial charge in [0.25, 0.3) is 0 Å². The van der Waals surface area contributed by atoms with Crippen molar-refractivity contribution in [2.75, 3.05) is 0 Å². The summed E-state index contributed by atoms with van der Waals surface area (Å²) >= 11 is 0. The smallest absolute Gasteiger partial charge is 0.320 e. The van der Waals surface area contributed by atoms with Gasteiger partial charge >= 0.3 is 5.97 Å². The van der Waals surface area contributed by atoms with Crippen molar-refractivity contribution in [3.8, 4) is 0 Å². The monoisotopic (exact) mass is 237 g/mol. The lowest BCUT2D eigenvalue weighted by molar-refractivity contribution is -0.141. The molecule has 0 amide bonds. The van der Waals surface area contributed by atoms with E-state index in [9.17, 15) is 9.90 Å². The van der Waals surface area contributed by atoms with Gasteiger partial charge in [0.05, 0.1) is 6.10 Å². The molecule has 0 aromatic rings. The zero-order chi connectivity index (χ0) is 10.7. The van der Waals surface area contributed by atoms with E-state index in [1.807, 2.05) is 0 Å². The highest BCUT2D eigenvalue weighted by Crippen LogP contribution is 2.18. The largest absolute Gasteiger partial charge is 0.480 e. The molecular weight excluding hydrogens is 218 g/mol. The molecule has 5 heteroatoms. The lowest BCUT2D eigenvalue weighted by Crippen LogP contribution is -2.51. The predicted octanol–water partition coefficient (Wildman–Crippen LogP) is 1.02. The zero-order valence-electron chi connectivity index (χ0n) is 9.14. The van der Waals surface area contributed by atoms with Gasteiger partial charge in [0.15, 0.2) is 0 Å². The van der Waals surface area contributed by atoms with E-state index in [-0.39, 0.29) is 18.4 Å². The fourth-order valence-electron chi connectivity index (χ4n) is 2.02. The molecule has 3 N–H and O–H groups in total. The van der Waals surface area contributed by atoms with E-state index in [0.717, 1.165) is 6.42 Å². The Balaban J connectivity index is 0.00000196. The molecule has 1 aliphatic rings. The first kappa shape index (κ1) is 14.7. The second kappa shape index (κ2) is 6.30. The molecule has 1 saturated heterocycles. The molecule has 0 aliphatic carbocycles. The van der Waals surface area contributed by atoms with Crippen LogP contribution < -0.4 is 5.32 Å². The number of carboxylic acid groups (broad SMARTS) is 1. The first-order valence-electron chi connectivity index (χ1n) is 5.16. The van der Waals surface area contributed by atoms with Crippen LogP contribution in [0.2, 0.25) is 0 Å². The fraction of sp³-hybridized carbons (Fsp3) is 0.900. The quantitative estimate of drug-likeness (QED) is 0.686. The number of hydrogen-bond acceptors (Lipinski definition) is 3. The highest BCUT2D eigenvalue weighted by atomic mass is 35.5. The van der Waals surface area contributed by atoms with Crippen molar-refractivity contribution < 1.29 is 15.0 Å². The molecule has 90 valence electrons. The van der Waals surface area contributed by atoms with E-state index in [1.165, 1.54) is 0 Å². The van der Waals surface area contributed by atoms with Gasteiger partial charge in [-0.05, 0) is 25.2 Å². The number of aliphatic carboxylic acids is 1. The third kappa shape index (κ3) is 4.82. The first-order chi connectivity index (χ1) is 6.49. The minimum atomic E-state index is -0.863. The highest BCUT2D eigenvalue weighted by molar-refractivity contribution is 5.85. The standard InChI is InChI=1S/C10H19NO3.ClH/c1-6(2)3-7-4-8(12)5-9(11-7)10(13)14;/h6-9,11-12H,3-5H2,1-2H3,(H,13,14);1H/t7-,8+,9-;/m0./s1. The summed E-state index contributed by atoms with van der Waals surface area (Å²) in [5, 5.41) is 21.4. The maximum atomic E-state index is 10.8. The van der Waals surface area contributed by atoms with Crippen LogP contribution in [0.1, 0.15) is 33.1 Å². The number of aliphatic hydroxyl groups is 1. The number of carboxylic acids is 1. The van der Waals surface area contributed by atoms with Crippen molar-refractivity contribution in [3.05, 3.63) is 0 Å². The van der Waals surface area contributed by atoms with Gasteiger partial charge in [0.1, 0.15) is 6.04 Å². The van der Waals surface area contributed by atoms with Crippen molar-refractivity contribution in [1.82, 2.24) is 5.32 Å². The van der Waals surface area contributed by atoms with Crippen molar-refractivity contribution in [2.45, 2.75) is 51.3 Å². The van der Waals surface area contributed by atoms with Crippen molar-refractivity contribution >= 4 is 18.4 Å². The number of carbonyl (C=O) groups is 1. The lowest BCUT2D eigenvalue weighted by Gasteiger charge is -2.32. The van der Waals surface area contributed by atoms with Gasteiger partial charge in [0.2, 0.25) is 0 Å². The normalized spacial score (nSPS) is 31.1. The Labute approximate surface area is 96.5 Å². The Kier molecular flexibility index (Phi) is 6.17. The van der Waals surface area contributed by atoms with Crippen LogP contribution in [0.5, 0.6) is 0 Å². The fourth-order valence-corrected chi connectivity index (χ4v) is 2.02. The topological polar surface area (TPSA) is 69.6 Å². The zero-order valence-corrected chi connectivity index (χ0v) is 9.96. The van der Waals surface area contributed by atoms with E-state index < -0.39 is 18.1 Å². The Morgan fingerprint density at radius 1 is 1.47 bits per heavy atom. The molecule has 15 heavy (non-hydrogen) atoms. The molecule has 1 aliphatic heterocycles. The average Bonchev–Trinajstić information content (AvgIpc) is 2.01. The first-order valence-corrected chi connectivity index (χ1v) is 5.16. The summed E-state index contributed by atoms with van der Waals surface area (Å²) < 4.78 is 0. The van der Waals surface area contributed by atoms with Crippen LogP contribution in [-0.4, -0.2) is 34.4 Å². The molecule has 1 heterocycles. The molecule has 0 aromatic heterocycles. The van der Waals surface area contributed by atoms with E-state index in [4.69, 9.17) is 5.11 Å². The molecule has 4 nitrogen and oxygen atoms in total. The molecule has 0 unspecified atom stereocenters. The van der Waals surface area contributed by atoms with Crippen LogP contribution >= 0.6 is 12.4 Å². The van der Waals surface area contributed by atoms with E-state index in [0.29, 0.717) is 18.8 Å². The Bertz CT molecular complexity index is 209. The summed E-state index contributed by atoms with van der Waals surface area (Å²) in [6.45, 7) is 4.19. The predicted molar refractivity (Wildman–Crippen MR) is 60.3 cm³/mol. The Morgan fingerprint density at radius 3 is 2.53 bits per heavy atom. The number of nitrogens with one attached hydrogen (secondary N) is 1. The van der Waals surface area contributed by atoms with E-state index in [1.54, 1.807) is 0 Å². The number of rotatable bonds is 3. The van der Waals surface area contributed by atoms with Gasteiger partial charge in [0, 0.05) is 6.04 Å². The third-order valence-electron chi connectivity index (χ3n) is 2.56. The van der Waals surface area contributed by atoms with Crippen LogP contribution in [0, 0.1) is 5.92 Å². The van der Waals surface area contributed by atoms with Gasteiger partial charge in [-0.25, -0.2) is 0 Å². The molecule has 0 radical (unpaired) electrons. The number of aliphatic hydroxyl groups excluding tert-OH is 1. The van der Waals surface area contributed by atoms with Crippen molar-refractivity contribution in [1.29, 1.82) is 0 Å². The average molecular weight is 238 g/mol. The minimum absolute atomic E-state index is 0. The summed E-state index contributed by atoms with van der Waals surface area (Å²) in [6, 6.07) is -0.442. The Morgan fingerprint density at radius 2 is 2.07 bits per heavy atom. The molecule has 1 fully saturated rings. The molecule has 0 aromatic carbocycles. The van der Waals surface area contributed by atoms with Crippen LogP contribution in [0.25, 0.3) is 0 Å². The molecule has 3 atom stereocenters. The second-order valence-corrected chi connectivity index (χ2v) is 4.51. The highest BCUT2D eigenvalue weighted by Gasteiger charge is 2.31. The molecular formula is C10H20ClNO3. The van der Waals surface area contributed by atoms with Gasteiger partial charge < -0.3 is 15.5 Å². The maximum absolute atomic E-state index is 10.8. The SMILES string of the molecule is CC(C)C[C@H]1C[C@@H](O)C[C@@H](C(=O)O)N1.Cl. The molecule has 0 spiro atoms. The Hall–Kier alpha value is -0.320. The summed E-state index contributed by atoms with van der Waals surface area (Å²) in [7, 11) is 0. The summed E-state index contributed by atoms with van der Waals surface area (Å²) in [5.74, 6) is -0.343. The van der Waals surface area contributed by atoms with Gasteiger partial charge in [-0.3, -0.25) is 4.79 Å². The van der Waals surface area contributed by atoms with E-state index >= 15 is 0 Å². The van der Waals surface area contributed by atoms with Crippen molar-refractivity contribution in [3.63, 3.8) is 0 Å². The van der Waals surface area contributed by atoms with Crippen LogP contribution in [0.3, 0.4) is 0 Å². The van der Waals surface area contributed by atoms with Crippen LogP contribution in [0.4, 0.5) is 0 Å². The van der Waals surface area contributed by atoms with Crippen LogP contribution in [0.15, 0.2) is 0 Å². The van der Waals surface area contributed by atoms with Crippen molar-refractivity contribution in [2.24, 2.45) is 5.92 Å². The van der Waals surface area contributed by atoms with Gasteiger partial charge in [-0.2, -0.15) is 0 Å². The number of halogens is 1. The summed E-state index contributed by atoms with van der Waals surface area (Å²) in [6.07, 6.45) is 1.44. The maximum Gasteiger partial charge on any atom is 0.320 e. The lowest BCUT2D eigenvalue weighted by atomic mass is 9.91. The molecule has 0 saturated carbocycles. The van der Waals surface area contributed by atoms with Gasteiger partial charge in [-0.15, -0.1) is 12.4 Å². The van der Waals surface area contributed by atoms with Gasteiger partial charge in [-0.1, -0.05) is 13.8 Å². The van der Waals surface area contributed by atoms with Crippen LogP contribution in [-0.2, 0) is 4.79 Å². The number of hydrogen-bond donors (Lipinski definition) is 3. The second-order valence-electron chi connectivity index (χ2n) is 4.51. The summed E-state index contributed by atoms with van der Waals surface area (Å²) in [4.78, 5) is 10.8. The van der Waals surface area contributed by atoms with E-state index in [2.05, 4.69) is 19.2 Å². The molecule has 1 rings (SSSR count). The number of piperidine rings is 1. The molecule has 0 bridgehead atoms. The third-order valence-corrected chi connectivity index (χ3v) is 2.56.